The van der Waals surface area contributed by atoms with Gasteiger partial charge < -0.3 is 25.4 Å². The zero-order valence-electron chi connectivity index (χ0n) is 19.4. The Morgan fingerprint density at radius 1 is 0.765 bits per heavy atom. The van der Waals surface area contributed by atoms with Gasteiger partial charge in [0.05, 0.1) is 6.54 Å². The summed E-state index contributed by atoms with van der Waals surface area (Å²) in [6, 6.07) is 17.5. The third kappa shape index (κ3) is 9.72. The van der Waals surface area contributed by atoms with E-state index in [1.165, 1.54) is 0 Å². The van der Waals surface area contributed by atoms with Crippen LogP contribution in [-0.4, -0.2) is 43.0 Å². The van der Waals surface area contributed by atoms with Gasteiger partial charge >= 0.3 is 12.1 Å². The van der Waals surface area contributed by atoms with Crippen LogP contribution in [0.1, 0.15) is 31.4 Å². The normalized spacial score (nSPS) is 12.1. The zero-order chi connectivity index (χ0) is 24.8. The van der Waals surface area contributed by atoms with Gasteiger partial charge in [-0.3, -0.25) is 9.59 Å². The molecule has 0 saturated carbocycles. The Balaban J connectivity index is 1.71. The molecule has 9 heteroatoms. The van der Waals surface area contributed by atoms with Crippen molar-refractivity contribution < 1.29 is 28.7 Å². The number of hydrogen-bond donors (Lipinski definition) is 3. The standard InChI is InChI=1S/C25H31N3O6/c1-3-18(2)23(24(31)33-16-19-10-6-4-7-11-19)28-22(30)15-26-21(29)14-27-25(32)34-17-20-12-8-5-9-13-20/h4-13,18,23H,3,14-17H2,1-2H3,(H,26,29)(H,27,32)(H,28,30)/t18-,23-/m0/s1. The minimum absolute atomic E-state index is 0.0775. The molecule has 0 aliphatic carbocycles. The third-order valence-electron chi connectivity index (χ3n) is 5.06. The first kappa shape index (κ1) is 26.4. The maximum atomic E-state index is 12.5. The second-order valence-electron chi connectivity index (χ2n) is 7.72. The third-order valence-corrected chi connectivity index (χ3v) is 5.06. The van der Waals surface area contributed by atoms with Crippen molar-refractivity contribution in [3.05, 3.63) is 71.8 Å². The van der Waals surface area contributed by atoms with E-state index in [9.17, 15) is 19.2 Å². The van der Waals surface area contributed by atoms with Crippen LogP contribution in [0.5, 0.6) is 0 Å². The molecule has 9 nitrogen and oxygen atoms in total. The largest absolute Gasteiger partial charge is 0.459 e. The number of alkyl carbamates (subject to hydrolysis) is 1. The molecule has 3 N–H and O–H groups in total. The molecule has 2 aromatic carbocycles. The lowest BCUT2D eigenvalue weighted by Gasteiger charge is -2.23. The molecule has 0 radical (unpaired) electrons. The van der Waals surface area contributed by atoms with E-state index < -0.39 is 29.9 Å². The summed E-state index contributed by atoms with van der Waals surface area (Å²) in [6.45, 7) is 3.21. The number of hydrogen-bond acceptors (Lipinski definition) is 6. The topological polar surface area (TPSA) is 123 Å². The smallest absolute Gasteiger partial charge is 0.407 e. The van der Waals surface area contributed by atoms with E-state index >= 15 is 0 Å². The first-order chi connectivity index (χ1) is 16.4. The van der Waals surface area contributed by atoms with Crippen molar-refractivity contribution in [3.8, 4) is 0 Å². The Bertz CT molecular complexity index is 936. The highest BCUT2D eigenvalue weighted by atomic mass is 16.5. The van der Waals surface area contributed by atoms with Gasteiger partial charge in [0.1, 0.15) is 25.8 Å². The van der Waals surface area contributed by atoms with Crippen LogP contribution in [-0.2, 0) is 37.1 Å². The molecular formula is C25H31N3O6. The second-order valence-corrected chi connectivity index (χ2v) is 7.72. The highest BCUT2D eigenvalue weighted by Gasteiger charge is 2.27. The molecule has 0 aliphatic heterocycles. The Hall–Kier alpha value is -3.88. The number of nitrogens with one attached hydrogen (secondary N) is 3. The molecular weight excluding hydrogens is 438 g/mol. The van der Waals surface area contributed by atoms with Crippen molar-refractivity contribution in [3.63, 3.8) is 0 Å². The lowest BCUT2D eigenvalue weighted by molar-refractivity contribution is -0.150. The molecule has 0 unspecified atom stereocenters. The predicted molar refractivity (Wildman–Crippen MR) is 125 cm³/mol. The van der Waals surface area contributed by atoms with Crippen molar-refractivity contribution in [2.45, 2.75) is 39.5 Å². The molecule has 0 fully saturated rings. The molecule has 0 bridgehead atoms. The monoisotopic (exact) mass is 469 g/mol. The lowest BCUT2D eigenvalue weighted by Crippen LogP contribution is -2.50. The van der Waals surface area contributed by atoms with E-state index in [1.807, 2.05) is 74.5 Å². The first-order valence-electron chi connectivity index (χ1n) is 11.1. The number of ether oxygens (including phenoxy) is 2. The van der Waals surface area contributed by atoms with Crippen molar-refractivity contribution in [2.24, 2.45) is 5.92 Å². The first-order valence-corrected chi connectivity index (χ1v) is 11.1. The summed E-state index contributed by atoms with van der Waals surface area (Å²) in [7, 11) is 0. The van der Waals surface area contributed by atoms with Gasteiger partial charge in [-0.15, -0.1) is 0 Å². The van der Waals surface area contributed by atoms with E-state index in [0.717, 1.165) is 11.1 Å². The van der Waals surface area contributed by atoms with Crippen LogP contribution in [0.25, 0.3) is 0 Å². The van der Waals surface area contributed by atoms with E-state index in [4.69, 9.17) is 9.47 Å². The molecule has 2 atom stereocenters. The van der Waals surface area contributed by atoms with Gasteiger partial charge in [0, 0.05) is 0 Å². The summed E-state index contributed by atoms with van der Waals surface area (Å²) >= 11 is 0. The van der Waals surface area contributed by atoms with Crippen LogP contribution < -0.4 is 16.0 Å². The van der Waals surface area contributed by atoms with Crippen LogP contribution in [0, 0.1) is 5.92 Å². The summed E-state index contributed by atoms with van der Waals surface area (Å²) in [5.74, 6) is -1.81. The minimum atomic E-state index is -0.843. The number of esters is 1. The van der Waals surface area contributed by atoms with Crippen molar-refractivity contribution >= 4 is 23.9 Å². The Morgan fingerprint density at radius 2 is 1.29 bits per heavy atom. The fraction of sp³-hybridized carbons (Fsp3) is 0.360. The quantitative estimate of drug-likeness (QED) is 0.410. The van der Waals surface area contributed by atoms with Crippen LogP contribution in [0.2, 0.25) is 0 Å². The molecule has 3 amide bonds. The second kappa shape index (κ2) is 14.3. The van der Waals surface area contributed by atoms with Gasteiger partial charge in [-0.1, -0.05) is 80.9 Å². The Labute approximate surface area is 199 Å². The van der Waals surface area contributed by atoms with Gasteiger partial charge in [0.25, 0.3) is 0 Å². The van der Waals surface area contributed by atoms with E-state index in [2.05, 4.69) is 16.0 Å². The molecule has 34 heavy (non-hydrogen) atoms. The van der Waals surface area contributed by atoms with Crippen LogP contribution in [0.15, 0.2) is 60.7 Å². The summed E-state index contributed by atoms with van der Waals surface area (Å²) in [5, 5.41) is 7.34. The van der Waals surface area contributed by atoms with Crippen molar-refractivity contribution in [2.75, 3.05) is 13.1 Å². The molecule has 0 saturated heterocycles. The molecule has 182 valence electrons. The predicted octanol–water partition coefficient (Wildman–Crippen LogP) is 2.30. The molecule has 0 spiro atoms. The fourth-order valence-electron chi connectivity index (χ4n) is 2.88. The van der Waals surface area contributed by atoms with Crippen LogP contribution in [0.4, 0.5) is 4.79 Å². The average molecular weight is 470 g/mol. The van der Waals surface area contributed by atoms with Gasteiger partial charge in [0.2, 0.25) is 11.8 Å². The van der Waals surface area contributed by atoms with Gasteiger partial charge in [0.15, 0.2) is 0 Å². The lowest BCUT2D eigenvalue weighted by atomic mass is 9.99. The summed E-state index contributed by atoms with van der Waals surface area (Å²) in [4.78, 5) is 48.5. The maximum Gasteiger partial charge on any atom is 0.407 e. The van der Waals surface area contributed by atoms with Crippen LogP contribution >= 0.6 is 0 Å². The Morgan fingerprint density at radius 3 is 1.85 bits per heavy atom. The summed E-state index contributed by atoms with van der Waals surface area (Å²) in [6.07, 6.45) is -0.103. The summed E-state index contributed by atoms with van der Waals surface area (Å²) in [5.41, 5.74) is 1.66. The number of rotatable bonds is 12. The van der Waals surface area contributed by atoms with Crippen molar-refractivity contribution in [1.82, 2.24) is 16.0 Å². The number of carbonyl (C=O) groups is 4. The zero-order valence-corrected chi connectivity index (χ0v) is 19.4. The molecule has 0 heterocycles. The van der Waals surface area contributed by atoms with Crippen molar-refractivity contribution in [1.29, 1.82) is 0 Å². The number of amides is 3. The molecule has 2 rings (SSSR count). The van der Waals surface area contributed by atoms with Gasteiger partial charge in [-0.05, 0) is 17.0 Å². The Kier molecular flexibility index (Phi) is 11.1. The maximum absolute atomic E-state index is 12.5. The fourth-order valence-corrected chi connectivity index (χ4v) is 2.88. The number of benzene rings is 2. The van der Waals surface area contributed by atoms with E-state index in [0.29, 0.717) is 6.42 Å². The summed E-state index contributed by atoms with van der Waals surface area (Å²) < 4.78 is 10.4. The van der Waals surface area contributed by atoms with E-state index in [-0.39, 0.29) is 32.2 Å². The SMILES string of the molecule is CC[C@H](C)[C@H](NC(=O)CNC(=O)CNC(=O)OCc1ccccc1)C(=O)OCc1ccccc1. The molecule has 2 aromatic rings. The highest BCUT2D eigenvalue weighted by molar-refractivity contribution is 5.89. The van der Waals surface area contributed by atoms with Gasteiger partial charge in [-0.2, -0.15) is 0 Å². The van der Waals surface area contributed by atoms with Gasteiger partial charge in [-0.25, -0.2) is 9.59 Å². The average Bonchev–Trinajstić information content (AvgIpc) is 2.87. The highest BCUT2D eigenvalue weighted by Crippen LogP contribution is 2.11. The molecule has 0 aromatic heterocycles. The van der Waals surface area contributed by atoms with E-state index in [1.54, 1.807) is 0 Å². The molecule has 0 aliphatic rings. The minimum Gasteiger partial charge on any atom is -0.459 e. The number of carbonyl (C=O) groups excluding carboxylic acids is 4. The van der Waals surface area contributed by atoms with Crippen LogP contribution in [0.3, 0.4) is 0 Å².